The Hall–Kier alpha value is -0.530. The van der Waals surface area contributed by atoms with E-state index >= 15 is 0 Å². The van der Waals surface area contributed by atoms with Crippen molar-refractivity contribution in [1.29, 1.82) is 0 Å². The van der Waals surface area contributed by atoms with Crippen LogP contribution in [0, 0.1) is 0 Å². The summed E-state index contributed by atoms with van der Waals surface area (Å²) in [6, 6.07) is 0. The van der Waals surface area contributed by atoms with Gasteiger partial charge in [0.1, 0.15) is 5.60 Å². The lowest BCUT2D eigenvalue weighted by Gasteiger charge is -2.19. The van der Waals surface area contributed by atoms with E-state index in [4.69, 9.17) is 4.74 Å². The smallest absolute Gasteiger partial charge is 0.306 e. The first-order valence-electron chi connectivity index (χ1n) is 8.67. The van der Waals surface area contributed by atoms with Crippen molar-refractivity contribution in [2.75, 3.05) is 0 Å². The molecule has 0 aliphatic heterocycles. The van der Waals surface area contributed by atoms with Crippen LogP contribution in [0.1, 0.15) is 105 Å². The molecule has 0 atom stereocenters. The molecule has 0 aromatic heterocycles. The molecule has 0 saturated carbocycles. The van der Waals surface area contributed by atoms with Gasteiger partial charge in [-0.3, -0.25) is 4.79 Å². The minimum absolute atomic E-state index is 0.0478. The monoisotopic (exact) mass is 284 g/mol. The van der Waals surface area contributed by atoms with Gasteiger partial charge in [-0.2, -0.15) is 0 Å². The number of ether oxygens (including phenoxy) is 1. The van der Waals surface area contributed by atoms with Crippen molar-refractivity contribution in [1.82, 2.24) is 0 Å². The number of hydrogen-bond acceptors (Lipinski definition) is 2. The molecule has 0 unspecified atom stereocenters. The van der Waals surface area contributed by atoms with Crippen LogP contribution in [0.4, 0.5) is 0 Å². The van der Waals surface area contributed by atoms with E-state index in [1.165, 1.54) is 57.8 Å². The summed E-state index contributed by atoms with van der Waals surface area (Å²) in [6.07, 6.45) is 15.0. The minimum atomic E-state index is -0.338. The summed E-state index contributed by atoms with van der Waals surface area (Å²) in [5.74, 6) is -0.0478. The van der Waals surface area contributed by atoms with Crippen molar-refractivity contribution >= 4 is 5.97 Å². The quantitative estimate of drug-likeness (QED) is 0.323. The lowest BCUT2D eigenvalue weighted by molar-refractivity contribution is -0.154. The third-order valence-electron chi connectivity index (χ3n) is 3.40. The Morgan fingerprint density at radius 3 is 1.55 bits per heavy atom. The summed E-state index contributed by atoms with van der Waals surface area (Å²) in [4.78, 5) is 11.5. The SMILES string of the molecule is CCCCCCCCCCCCCC(=O)OC(C)(C)C. The number of carbonyl (C=O) groups excluding carboxylic acids is 1. The van der Waals surface area contributed by atoms with Gasteiger partial charge in [0.25, 0.3) is 0 Å². The van der Waals surface area contributed by atoms with Crippen molar-refractivity contribution in [3.63, 3.8) is 0 Å². The Morgan fingerprint density at radius 1 is 0.750 bits per heavy atom. The highest BCUT2D eigenvalue weighted by molar-refractivity contribution is 5.69. The zero-order valence-electron chi connectivity index (χ0n) is 14.3. The summed E-state index contributed by atoms with van der Waals surface area (Å²) in [7, 11) is 0. The standard InChI is InChI=1S/C18H36O2/c1-5-6-7-8-9-10-11-12-13-14-15-16-17(19)20-18(2,3)4/h5-16H2,1-4H3. The Bertz CT molecular complexity index is 228. The average Bonchev–Trinajstić information content (AvgIpc) is 2.34. The van der Waals surface area contributed by atoms with Crippen molar-refractivity contribution in [3.05, 3.63) is 0 Å². The second-order valence-electron chi connectivity index (χ2n) is 6.87. The fraction of sp³-hybridized carbons (Fsp3) is 0.944. The molecular formula is C18H36O2. The zero-order valence-corrected chi connectivity index (χ0v) is 14.3. The van der Waals surface area contributed by atoms with Gasteiger partial charge in [0.05, 0.1) is 0 Å². The van der Waals surface area contributed by atoms with Gasteiger partial charge in [0.2, 0.25) is 0 Å². The first-order chi connectivity index (χ1) is 9.45. The van der Waals surface area contributed by atoms with Gasteiger partial charge in [0, 0.05) is 6.42 Å². The normalized spacial score (nSPS) is 11.6. The van der Waals surface area contributed by atoms with Gasteiger partial charge in [0.15, 0.2) is 0 Å². The lowest BCUT2D eigenvalue weighted by atomic mass is 10.1. The van der Waals surface area contributed by atoms with Gasteiger partial charge < -0.3 is 4.74 Å². The second kappa shape index (κ2) is 12.2. The molecule has 0 amide bonds. The van der Waals surface area contributed by atoms with Gasteiger partial charge in [-0.25, -0.2) is 0 Å². The summed E-state index contributed by atoms with van der Waals surface area (Å²) in [6.45, 7) is 8.03. The highest BCUT2D eigenvalue weighted by atomic mass is 16.6. The van der Waals surface area contributed by atoms with Gasteiger partial charge in [-0.15, -0.1) is 0 Å². The van der Waals surface area contributed by atoms with Gasteiger partial charge >= 0.3 is 5.97 Å². The molecule has 0 saturated heterocycles. The lowest BCUT2D eigenvalue weighted by Crippen LogP contribution is -2.23. The molecule has 0 rings (SSSR count). The molecule has 0 N–H and O–H groups in total. The van der Waals surface area contributed by atoms with Crippen LogP contribution < -0.4 is 0 Å². The van der Waals surface area contributed by atoms with Crippen molar-refractivity contribution in [2.45, 2.75) is 110 Å². The van der Waals surface area contributed by atoms with E-state index in [1.54, 1.807) is 0 Å². The van der Waals surface area contributed by atoms with Crippen molar-refractivity contribution in [2.24, 2.45) is 0 Å². The van der Waals surface area contributed by atoms with E-state index in [0.29, 0.717) is 6.42 Å². The Morgan fingerprint density at radius 2 is 1.15 bits per heavy atom. The summed E-state index contributed by atoms with van der Waals surface area (Å²) in [5, 5.41) is 0. The topological polar surface area (TPSA) is 26.3 Å². The van der Waals surface area contributed by atoms with Crippen LogP contribution >= 0.6 is 0 Å². The van der Waals surface area contributed by atoms with Crippen LogP contribution in [0.15, 0.2) is 0 Å². The largest absolute Gasteiger partial charge is 0.460 e. The Balaban J connectivity index is 3.19. The third-order valence-corrected chi connectivity index (χ3v) is 3.40. The van der Waals surface area contributed by atoms with Crippen LogP contribution in [-0.2, 0) is 9.53 Å². The molecule has 0 radical (unpaired) electrons. The fourth-order valence-electron chi connectivity index (χ4n) is 2.33. The highest BCUT2D eigenvalue weighted by Crippen LogP contribution is 2.13. The molecule has 20 heavy (non-hydrogen) atoms. The summed E-state index contributed by atoms with van der Waals surface area (Å²) < 4.78 is 5.29. The Labute approximate surface area is 126 Å². The molecular weight excluding hydrogens is 248 g/mol. The van der Waals surface area contributed by atoms with E-state index in [0.717, 1.165) is 12.8 Å². The number of rotatable bonds is 12. The fourth-order valence-corrected chi connectivity index (χ4v) is 2.33. The number of esters is 1. The molecule has 120 valence electrons. The van der Waals surface area contributed by atoms with Gasteiger partial charge in [-0.05, 0) is 27.2 Å². The van der Waals surface area contributed by atoms with Crippen LogP contribution in [0.3, 0.4) is 0 Å². The molecule has 0 spiro atoms. The first-order valence-corrected chi connectivity index (χ1v) is 8.67. The second-order valence-corrected chi connectivity index (χ2v) is 6.87. The van der Waals surface area contributed by atoms with E-state index in [9.17, 15) is 4.79 Å². The van der Waals surface area contributed by atoms with Crippen molar-refractivity contribution in [3.8, 4) is 0 Å². The number of unbranched alkanes of at least 4 members (excludes halogenated alkanes) is 10. The average molecular weight is 284 g/mol. The van der Waals surface area contributed by atoms with E-state index in [-0.39, 0.29) is 11.6 Å². The minimum Gasteiger partial charge on any atom is -0.460 e. The molecule has 0 aromatic rings. The molecule has 0 aliphatic carbocycles. The van der Waals surface area contributed by atoms with Crippen LogP contribution in [0.5, 0.6) is 0 Å². The Kier molecular flexibility index (Phi) is 11.9. The van der Waals surface area contributed by atoms with E-state index in [1.807, 2.05) is 20.8 Å². The summed E-state index contributed by atoms with van der Waals surface area (Å²) >= 11 is 0. The molecule has 2 nitrogen and oxygen atoms in total. The highest BCUT2D eigenvalue weighted by Gasteiger charge is 2.15. The number of carbonyl (C=O) groups is 1. The molecule has 0 fully saturated rings. The number of hydrogen-bond donors (Lipinski definition) is 0. The molecule has 0 aliphatic rings. The van der Waals surface area contributed by atoms with Crippen LogP contribution in [-0.4, -0.2) is 11.6 Å². The predicted molar refractivity (Wildman–Crippen MR) is 86.9 cm³/mol. The molecule has 0 bridgehead atoms. The summed E-state index contributed by atoms with van der Waals surface area (Å²) in [5.41, 5.74) is -0.338. The van der Waals surface area contributed by atoms with Crippen LogP contribution in [0.2, 0.25) is 0 Å². The zero-order chi connectivity index (χ0) is 15.3. The molecule has 0 heterocycles. The first kappa shape index (κ1) is 19.5. The van der Waals surface area contributed by atoms with Crippen molar-refractivity contribution < 1.29 is 9.53 Å². The van der Waals surface area contributed by atoms with E-state index < -0.39 is 0 Å². The van der Waals surface area contributed by atoms with Crippen LogP contribution in [0.25, 0.3) is 0 Å². The van der Waals surface area contributed by atoms with E-state index in [2.05, 4.69) is 6.92 Å². The molecule has 0 aromatic carbocycles. The third kappa shape index (κ3) is 15.5. The molecule has 2 heteroatoms. The maximum Gasteiger partial charge on any atom is 0.306 e. The maximum absolute atomic E-state index is 11.5. The predicted octanol–water partition coefficient (Wildman–Crippen LogP) is 6.03. The van der Waals surface area contributed by atoms with Gasteiger partial charge in [-0.1, -0.05) is 71.1 Å². The maximum atomic E-state index is 11.5.